The lowest BCUT2D eigenvalue weighted by molar-refractivity contribution is 0.0597. The van der Waals surface area contributed by atoms with E-state index in [1.165, 1.54) is 0 Å². The monoisotopic (exact) mass is 290 g/mol. The van der Waals surface area contributed by atoms with Gasteiger partial charge in [0.2, 0.25) is 0 Å². The van der Waals surface area contributed by atoms with Crippen LogP contribution in [0.15, 0.2) is 24.3 Å². The Morgan fingerprint density at radius 3 is 2.48 bits per heavy atom. The number of nitrogens with one attached hydrogen (secondary N) is 1. The zero-order valence-corrected chi connectivity index (χ0v) is 13.5. The third-order valence-electron chi connectivity index (χ3n) is 3.96. The van der Waals surface area contributed by atoms with Gasteiger partial charge in [-0.15, -0.1) is 0 Å². The van der Waals surface area contributed by atoms with E-state index in [4.69, 9.17) is 4.74 Å². The summed E-state index contributed by atoms with van der Waals surface area (Å²) in [6, 6.07) is 7.55. The van der Waals surface area contributed by atoms with Crippen LogP contribution < -0.4 is 10.1 Å². The average Bonchev–Trinajstić information content (AvgIpc) is 2.47. The number of rotatable bonds is 5. The van der Waals surface area contributed by atoms with Gasteiger partial charge in [0.1, 0.15) is 5.75 Å². The summed E-state index contributed by atoms with van der Waals surface area (Å²) in [6.07, 6.45) is 0.0567. The maximum atomic E-state index is 13.0. The van der Waals surface area contributed by atoms with Crippen molar-refractivity contribution >= 4 is 5.78 Å². The second-order valence-electron chi connectivity index (χ2n) is 6.29. The lowest BCUT2D eigenvalue weighted by Crippen LogP contribution is -2.57. The van der Waals surface area contributed by atoms with Gasteiger partial charge in [0.15, 0.2) is 5.78 Å². The molecule has 0 aliphatic carbocycles. The van der Waals surface area contributed by atoms with E-state index in [-0.39, 0.29) is 11.9 Å². The van der Waals surface area contributed by atoms with Crippen LogP contribution >= 0.6 is 0 Å². The first kappa shape index (κ1) is 16.0. The number of piperazine rings is 1. The Hall–Kier alpha value is -1.39. The lowest BCUT2D eigenvalue weighted by atomic mass is 9.90. The second-order valence-corrected chi connectivity index (χ2v) is 6.29. The van der Waals surface area contributed by atoms with Crippen molar-refractivity contribution in [3.63, 3.8) is 0 Å². The highest BCUT2D eigenvalue weighted by molar-refractivity contribution is 6.04. The molecule has 1 aromatic carbocycles. The van der Waals surface area contributed by atoms with E-state index in [1.807, 2.05) is 52.0 Å². The van der Waals surface area contributed by atoms with Crippen molar-refractivity contribution in [2.24, 2.45) is 0 Å². The third kappa shape index (κ3) is 3.63. The Labute approximate surface area is 127 Å². The molecule has 1 fully saturated rings. The van der Waals surface area contributed by atoms with Crippen LogP contribution in [0.25, 0.3) is 0 Å². The van der Waals surface area contributed by atoms with Crippen molar-refractivity contribution in [2.45, 2.75) is 39.3 Å². The van der Waals surface area contributed by atoms with E-state index >= 15 is 0 Å². The maximum Gasteiger partial charge on any atom is 0.186 e. The molecule has 0 atom stereocenters. The fraction of sp³-hybridized carbons (Fsp3) is 0.588. The summed E-state index contributed by atoms with van der Waals surface area (Å²) in [5.41, 5.74) is 0.160. The molecule has 1 heterocycles. The van der Waals surface area contributed by atoms with E-state index in [1.54, 1.807) is 0 Å². The molecule has 1 aliphatic rings. The minimum atomic E-state index is -0.515. The van der Waals surface area contributed by atoms with Crippen molar-refractivity contribution < 1.29 is 9.53 Å². The van der Waals surface area contributed by atoms with Gasteiger partial charge in [0.05, 0.1) is 17.2 Å². The molecule has 21 heavy (non-hydrogen) atoms. The lowest BCUT2D eigenvalue weighted by Gasteiger charge is -2.40. The zero-order chi connectivity index (χ0) is 15.5. The Morgan fingerprint density at radius 1 is 1.24 bits per heavy atom. The van der Waals surface area contributed by atoms with Crippen LogP contribution in [-0.2, 0) is 0 Å². The minimum Gasteiger partial charge on any atom is -0.490 e. The van der Waals surface area contributed by atoms with Crippen LogP contribution in [0, 0.1) is 0 Å². The van der Waals surface area contributed by atoms with Crippen molar-refractivity contribution in [3.05, 3.63) is 29.8 Å². The Morgan fingerprint density at radius 2 is 1.86 bits per heavy atom. The fourth-order valence-corrected chi connectivity index (χ4v) is 2.71. The summed E-state index contributed by atoms with van der Waals surface area (Å²) in [5.74, 6) is 0.807. The molecule has 0 radical (unpaired) electrons. The van der Waals surface area contributed by atoms with Gasteiger partial charge >= 0.3 is 0 Å². The first-order valence-corrected chi connectivity index (χ1v) is 7.69. The van der Waals surface area contributed by atoms with E-state index in [9.17, 15) is 4.79 Å². The number of carbonyl (C=O) groups is 1. The van der Waals surface area contributed by atoms with Crippen molar-refractivity contribution in [1.82, 2.24) is 10.2 Å². The number of hydrogen-bond acceptors (Lipinski definition) is 4. The highest BCUT2D eigenvalue weighted by atomic mass is 16.5. The first-order chi connectivity index (χ1) is 9.93. The van der Waals surface area contributed by atoms with Gasteiger partial charge in [0, 0.05) is 26.2 Å². The number of carbonyl (C=O) groups excluding carboxylic acids is 1. The summed E-state index contributed by atoms with van der Waals surface area (Å²) in [6.45, 7) is 11.6. The predicted octanol–water partition coefficient (Wildman–Crippen LogP) is 2.34. The largest absolute Gasteiger partial charge is 0.490 e. The molecule has 1 aliphatic heterocycles. The maximum absolute atomic E-state index is 13.0. The summed E-state index contributed by atoms with van der Waals surface area (Å²) in [4.78, 5) is 15.3. The number of nitrogens with zero attached hydrogens (tertiary/aromatic N) is 1. The topological polar surface area (TPSA) is 41.6 Å². The van der Waals surface area contributed by atoms with Gasteiger partial charge in [-0.3, -0.25) is 9.69 Å². The highest BCUT2D eigenvalue weighted by Crippen LogP contribution is 2.27. The number of ether oxygens (including phenoxy) is 1. The molecule has 0 aromatic heterocycles. The molecule has 0 unspecified atom stereocenters. The van der Waals surface area contributed by atoms with Gasteiger partial charge in [-0.1, -0.05) is 12.1 Å². The summed E-state index contributed by atoms with van der Waals surface area (Å²) in [7, 11) is 0. The molecule has 1 aromatic rings. The Balaban J connectivity index is 2.26. The summed E-state index contributed by atoms with van der Waals surface area (Å²) >= 11 is 0. The SMILES string of the molecule is CC(C)Oc1ccccc1C(=O)C(C)(C)N1CCNCC1. The molecular formula is C17H26N2O2. The molecule has 4 heteroatoms. The van der Waals surface area contributed by atoms with Crippen molar-refractivity contribution in [1.29, 1.82) is 0 Å². The Bertz CT molecular complexity index is 491. The quantitative estimate of drug-likeness (QED) is 0.845. The molecule has 0 saturated carbocycles. The van der Waals surface area contributed by atoms with Gasteiger partial charge in [-0.25, -0.2) is 0 Å². The van der Waals surface area contributed by atoms with Crippen LogP contribution in [0.5, 0.6) is 5.75 Å². The molecule has 4 nitrogen and oxygen atoms in total. The molecule has 116 valence electrons. The van der Waals surface area contributed by atoms with Crippen LogP contribution in [0.1, 0.15) is 38.1 Å². The zero-order valence-electron chi connectivity index (χ0n) is 13.5. The van der Waals surface area contributed by atoms with Gasteiger partial charge in [-0.2, -0.15) is 0 Å². The van der Waals surface area contributed by atoms with Crippen LogP contribution in [0.3, 0.4) is 0 Å². The molecular weight excluding hydrogens is 264 g/mol. The number of hydrogen-bond donors (Lipinski definition) is 1. The highest BCUT2D eigenvalue weighted by Gasteiger charge is 2.36. The van der Waals surface area contributed by atoms with E-state index in [0.29, 0.717) is 11.3 Å². The number of Topliss-reactive ketones (excluding diaryl/α,β-unsaturated/α-hetero) is 1. The Kier molecular flexibility index (Phi) is 5.01. The van der Waals surface area contributed by atoms with E-state index in [2.05, 4.69) is 10.2 Å². The fourth-order valence-electron chi connectivity index (χ4n) is 2.71. The average molecular weight is 290 g/mol. The number of benzene rings is 1. The second kappa shape index (κ2) is 6.58. The van der Waals surface area contributed by atoms with Crippen LogP contribution in [0.2, 0.25) is 0 Å². The van der Waals surface area contributed by atoms with Crippen LogP contribution in [-0.4, -0.2) is 48.5 Å². The van der Waals surface area contributed by atoms with Crippen molar-refractivity contribution in [2.75, 3.05) is 26.2 Å². The molecule has 0 bridgehead atoms. The van der Waals surface area contributed by atoms with Gasteiger partial charge in [0.25, 0.3) is 0 Å². The number of para-hydroxylation sites is 1. The molecule has 1 N–H and O–H groups in total. The molecule has 2 rings (SSSR count). The summed E-state index contributed by atoms with van der Waals surface area (Å²) in [5, 5.41) is 3.33. The van der Waals surface area contributed by atoms with Gasteiger partial charge < -0.3 is 10.1 Å². The van der Waals surface area contributed by atoms with E-state index in [0.717, 1.165) is 26.2 Å². The number of ketones is 1. The predicted molar refractivity (Wildman–Crippen MR) is 85.1 cm³/mol. The van der Waals surface area contributed by atoms with Crippen molar-refractivity contribution in [3.8, 4) is 5.75 Å². The minimum absolute atomic E-state index is 0.0567. The van der Waals surface area contributed by atoms with Crippen LogP contribution in [0.4, 0.5) is 0 Å². The molecule has 0 amide bonds. The van der Waals surface area contributed by atoms with E-state index < -0.39 is 5.54 Å². The molecule has 0 spiro atoms. The third-order valence-corrected chi connectivity index (χ3v) is 3.96. The normalized spacial score (nSPS) is 17.0. The first-order valence-electron chi connectivity index (χ1n) is 7.69. The van der Waals surface area contributed by atoms with Gasteiger partial charge in [-0.05, 0) is 39.8 Å². The molecule has 1 saturated heterocycles. The smallest absolute Gasteiger partial charge is 0.186 e. The summed E-state index contributed by atoms with van der Waals surface area (Å²) < 4.78 is 5.80. The standard InChI is InChI=1S/C17H26N2O2/c1-13(2)21-15-8-6-5-7-14(15)16(20)17(3,4)19-11-9-18-10-12-19/h5-8,13,18H,9-12H2,1-4H3.